The molecule has 0 radical (unpaired) electrons. The van der Waals surface area contributed by atoms with Crippen LogP contribution in [0.1, 0.15) is 5.56 Å². The summed E-state index contributed by atoms with van der Waals surface area (Å²) < 4.78 is 10.6. The van der Waals surface area contributed by atoms with Gasteiger partial charge in [-0.15, -0.1) is 0 Å². The number of hydrogen-bond donors (Lipinski definition) is 1. The molecule has 2 aromatic carbocycles. The van der Waals surface area contributed by atoms with Gasteiger partial charge in [0, 0.05) is 19.2 Å². The number of hydrogen-bond acceptors (Lipinski definition) is 4. The molecule has 2 aliphatic rings. The Kier molecular flexibility index (Phi) is 6.84. The molecule has 2 fully saturated rings. The van der Waals surface area contributed by atoms with Crippen LogP contribution in [0.2, 0.25) is 0 Å². The van der Waals surface area contributed by atoms with Crippen molar-refractivity contribution in [1.82, 2.24) is 9.80 Å². The minimum absolute atomic E-state index is 0.0217. The smallest absolute Gasteiger partial charge is 0.277 e. The van der Waals surface area contributed by atoms with Gasteiger partial charge in [0.2, 0.25) is 5.91 Å². The van der Waals surface area contributed by atoms with Crippen LogP contribution in [0.15, 0.2) is 42.5 Å². The number of rotatable bonds is 5. The lowest BCUT2D eigenvalue weighted by atomic mass is 10.1. The Labute approximate surface area is 182 Å². The third-order valence-electron chi connectivity index (χ3n) is 6.04. The first-order valence-electron chi connectivity index (χ1n) is 10.9. The quantitative estimate of drug-likeness (QED) is 0.708. The monoisotopic (exact) mass is 424 g/mol. The molecule has 0 saturated carbocycles. The topological polar surface area (TPSA) is 63.5 Å². The van der Waals surface area contributed by atoms with Crippen molar-refractivity contribution in [2.45, 2.75) is 0 Å². The minimum Gasteiger partial charge on any atom is -0.497 e. The van der Waals surface area contributed by atoms with Crippen molar-refractivity contribution in [3.05, 3.63) is 48.0 Å². The van der Waals surface area contributed by atoms with Gasteiger partial charge in [-0.25, -0.2) is 0 Å². The highest BCUT2D eigenvalue weighted by molar-refractivity contribution is 5.93. The Balaban J connectivity index is 1.28. The van der Waals surface area contributed by atoms with Crippen LogP contribution in [0, 0.1) is 0 Å². The number of ether oxygens (including phenoxy) is 2. The fourth-order valence-corrected chi connectivity index (χ4v) is 4.10. The molecule has 2 amide bonds. The number of morpholine rings is 1. The molecule has 2 heterocycles. The molecule has 2 aromatic rings. The van der Waals surface area contributed by atoms with E-state index in [2.05, 4.69) is 6.07 Å². The van der Waals surface area contributed by atoms with Gasteiger partial charge in [0.05, 0.1) is 46.5 Å². The number of piperazine rings is 1. The lowest BCUT2D eigenvalue weighted by Gasteiger charge is -2.33. The normalized spacial score (nSPS) is 18.0. The molecule has 0 aliphatic carbocycles. The van der Waals surface area contributed by atoms with E-state index in [0.717, 1.165) is 35.2 Å². The van der Waals surface area contributed by atoms with Crippen molar-refractivity contribution in [3.8, 4) is 5.75 Å². The van der Waals surface area contributed by atoms with Crippen molar-refractivity contribution >= 4 is 28.7 Å². The molecule has 7 nitrogen and oxygen atoms in total. The molecule has 0 bridgehead atoms. The van der Waals surface area contributed by atoms with Gasteiger partial charge in [-0.2, -0.15) is 0 Å². The standard InChI is InChI=1S/C24H29N3O4/c1-30-22-6-5-20-16-19(2-4-21(20)17-22)3-7-23(28)26-10-8-25(9-11-26)18-24(29)27-12-14-31-15-13-27/h2-7,16-17H,8-15,18H2,1H3/p+1/b7-3+. The van der Waals surface area contributed by atoms with Crippen molar-refractivity contribution in [1.29, 1.82) is 0 Å². The second-order valence-corrected chi connectivity index (χ2v) is 8.05. The summed E-state index contributed by atoms with van der Waals surface area (Å²) in [6.07, 6.45) is 3.52. The summed E-state index contributed by atoms with van der Waals surface area (Å²) in [7, 11) is 1.66. The van der Waals surface area contributed by atoms with E-state index in [0.29, 0.717) is 45.9 Å². The number of carbonyl (C=O) groups excluding carboxylic acids is 2. The molecule has 1 N–H and O–H groups in total. The van der Waals surface area contributed by atoms with Crippen molar-refractivity contribution in [2.75, 3.05) is 66.1 Å². The molecule has 164 valence electrons. The number of amides is 2. The Bertz CT molecular complexity index is 960. The molecule has 7 heteroatoms. The second-order valence-electron chi connectivity index (χ2n) is 8.05. The van der Waals surface area contributed by atoms with Crippen molar-refractivity contribution in [3.63, 3.8) is 0 Å². The van der Waals surface area contributed by atoms with Crippen LogP contribution in [0.5, 0.6) is 5.75 Å². The Morgan fingerprint density at radius 2 is 1.71 bits per heavy atom. The fraction of sp³-hybridized carbons (Fsp3) is 0.417. The lowest BCUT2D eigenvalue weighted by Crippen LogP contribution is -3.15. The molecule has 0 atom stereocenters. The maximum atomic E-state index is 12.6. The zero-order valence-corrected chi connectivity index (χ0v) is 18.0. The Hall–Kier alpha value is -2.90. The van der Waals surface area contributed by atoms with Gasteiger partial charge in [0.15, 0.2) is 6.54 Å². The Morgan fingerprint density at radius 3 is 2.45 bits per heavy atom. The average molecular weight is 425 g/mol. The number of fused-ring (bicyclic) bond motifs is 1. The molecule has 31 heavy (non-hydrogen) atoms. The van der Waals surface area contributed by atoms with E-state index in [9.17, 15) is 9.59 Å². The highest BCUT2D eigenvalue weighted by atomic mass is 16.5. The van der Waals surface area contributed by atoms with E-state index < -0.39 is 0 Å². The van der Waals surface area contributed by atoms with Gasteiger partial charge in [0.1, 0.15) is 5.75 Å². The van der Waals surface area contributed by atoms with Crippen LogP contribution in [0.3, 0.4) is 0 Å². The van der Waals surface area contributed by atoms with Crippen molar-refractivity contribution in [2.24, 2.45) is 0 Å². The number of nitrogens with zero attached hydrogens (tertiary/aromatic N) is 2. The molecule has 4 rings (SSSR count). The zero-order chi connectivity index (χ0) is 21.6. The average Bonchev–Trinajstić information content (AvgIpc) is 2.83. The SMILES string of the molecule is COc1ccc2cc(/C=C/C(=O)N3CC[NH+](CC(=O)N4CCOCC4)CC3)ccc2c1. The molecule has 2 saturated heterocycles. The third kappa shape index (κ3) is 5.42. The van der Waals surface area contributed by atoms with Crippen LogP contribution in [0.25, 0.3) is 16.8 Å². The number of methoxy groups -OCH3 is 1. The predicted octanol–water partition coefficient (Wildman–Crippen LogP) is 0.448. The first kappa shape index (κ1) is 21.3. The van der Waals surface area contributed by atoms with Crippen LogP contribution in [-0.2, 0) is 14.3 Å². The Morgan fingerprint density at radius 1 is 1.00 bits per heavy atom. The number of quaternary nitrogens is 1. The van der Waals surface area contributed by atoms with E-state index in [-0.39, 0.29) is 11.8 Å². The van der Waals surface area contributed by atoms with Crippen LogP contribution < -0.4 is 9.64 Å². The summed E-state index contributed by atoms with van der Waals surface area (Å²) in [5.41, 5.74) is 0.992. The van der Waals surface area contributed by atoms with Crippen LogP contribution >= 0.6 is 0 Å². The minimum atomic E-state index is 0.0217. The van der Waals surface area contributed by atoms with E-state index in [1.54, 1.807) is 13.2 Å². The summed E-state index contributed by atoms with van der Waals surface area (Å²) in [6.45, 7) is 6.06. The van der Waals surface area contributed by atoms with Gasteiger partial charge in [0.25, 0.3) is 5.91 Å². The highest BCUT2D eigenvalue weighted by Crippen LogP contribution is 2.22. The van der Waals surface area contributed by atoms with Crippen molar-refractivity contribution < 1.29 is 24.0 Å². The van der Waals surface area contributed by atoms with E-state index in [4.69, 9.17) is 9.47 Å². The van der Waals surface area contributed by atoms with Crippen LogP contribution in [0.4, 0.5) is 0 Å². The van der Waals surface area contributed by atoms with Gasteiger partial charge >= 0.3 is 0 Å². The molecule has 0 spiro atoms. The number of carbonyl (C=O) groups is 2. The zero-order valence-electron chi connectivity index (χ0n) is 18.0. The fourth-order valence-electron chi connectivity index (χ4n) is 4.10. The summed E-state index contributed by atoms with van der Waals surface area (Å²) in [5.74, 6) is 1.04. The maximum absolute atomic E-state index is 12.6. The molecular formula is C24H30N3O4+. The number of benzene rings is 2. The van der Waals surface area contributed by atoms with Gasteiger partial charge in [-0.1, -0.05) is 18.2 Å². The van der Waals surface area contributed by atoms with Gasteiger partial charge in [-0.3, -0.25) is 9.59 Å². The first-order chi connectivity index (χ1) is 15.1. The summed E-state index contributed by atoms with van der Waals surface area (Å²) >= 11 is 0. The summed E-state index contributed by atoms with van der Waals surface area (Å²) in [4.78, 5) is 30.0. The molecule has 0 unspecified atom stereocenters. The third-order valence-corrected chi connectivity index (χ3v) is 6.04. The first-order valence-corrected chi connectivity index (χ1v) is 10.9. The van der Waals surface area contributed by atoms with Gasteiger partial charge < -0.3 is 24.2 Å². The predicted molar refractivity (Wildman–Crippen MR) is 119 cm³/mol. The highest BCUT2D eigenvalue weighted by Gasteiger charge is 2.26. The molecule has 0 aromatic heterocycles. The molecule has 2 aliphatic heterocycles. The maximum Gasteiger partial charge on any atom is 0.277 e. The van der Waals surface area contributed by atoms with Gasteiger partial charge in [-0.05, 0) is 40.6 Å². The van der Waals surface area contributed by atoms with E-state index in [1.165, 1.54) is 4.90 Å². The lowest BCUT2D eigenvalue weighted by molar-refractivity contribution is -0.896. The number of nitrogens with one attached hydrogen (secondary N) is 1. The summed E-state index contributed by atoms with van der Waals surface area (Å²) in [6, 6.07) is 12.1. The van der Waals surface area contributed by atoms with Crippen LogP contribution in [-0.4, -0.2) is 87.8 Å². The van der Waals surface area contributed by atoms with E-state index in [1.807, 2.05) is 46.2 Å². The largest absolute Gasteiger partial charge is 0.497 e. The summed E-state index contributed by atoms with van der Waals surface area (Å²) in [5, 5.41) is 2.21. The molecular weight excluding hydrogens is 394 g/mol. The second kappa shape index (κ2) is 9.94. The van der Waals surface area contributed by atoms with E-state index >= 15 is 0 Å².